The molecule has 1 N–H and O–H groups in total. The number of benzene rings is 1. The molecule has 3 aromatic rings. The average Bonchev–Trinajstić information content (AvgIpc) is 3.25. The first-order chi connectivity index (χ1) is 12.5. The third kappa shape index (κ3) is 4.28. The summed E-state index contributed by atoms with van der Waals surface area (Å²) in [4.78, 5) is 13.4. The monoisotopic (exact) mass is 406 g/mol. The molecule has 8 heteroatoms. The molecule has 0 aliphatic rings. The zero-order valence-corrected chi connectivity index (χ0v) is 17.1. The second-order valence-corrected chi connectivity index (χ2v) is 8.37. The van der Waals surface area contributed by atoms with E-state index in [9.17, 15) is 4.79 Å². The van der Waals surface area contributed by atoms with E-state index in [1.807, 2.05) is 30.5 Å². The highest BCUT2D eigenvalue weighted by molar-refractivity contribution is 7.99. The fourth-order valence-corrected chi connectivity index (χ4v) is 4.20. The van der Waals surface area contributed by atoms with Crippen molar-refractivity contribution in [2.45, 2.75) is 32.0 Å². The molecule has 136 valence electrons. The number of nitrogens with one attached hydrogen (secondary N) is 1. The van der Waals surface area contributed by atoms with Gasteiger partial charge in [-0.3, -0.25) is 9.36 Å². The van der Waals surface area contributed by atoms with E-state index in [2.05, 4.69) is 33.9 Å². The summed E-state index contributed by atoms with van der Waals surface area (Å²) in [6.45, 7) is 6.10. The quantitative estimate of drug-likeness (QED) is 0.565. The lowest BCUT2D eigenvalue weighted by molar-refractivity contribution is -0.113. The molecular formula is C18H19ClN4OS2. The first-order valence-electron chi connectivity index (χ1n) is 8.13. The second kappa shape index (κ2) is 8.24. The summed E-state index contributed by atoms with van der Waals surface area (Å²) in [5, 5.41) is 14.9. The van der Waals surface area contributed by atoms with Gasteiger partial charge in [0.15, 0.2) is 11.0 Å². The Bertz CT molecular complexity index is 906. The van der Waals surface area contributed by atoms with E-state index in [0.717, 1.165) is 27.1 Å². The van der Waals surface area contributed by atoms with Crippen molar-refractivity contribution in [3.63, 3.8) is 0 Å². The second-order valence-electron chi connectivity index (χ2n) is 6.04. The topological polar surface area (TPSA) is 59.8 Å². The largest absolute Gasteiger partial charge is 0.325 e. The molecule has 0 unspecified atom stereocenters. The van der Waals surface area contributed by atoms with Crippen molar-refractivity contribution in [2.24, 2.45) is 0 Å². The number of halogens is 1. The molecule has 1 amide bonds. The van der Waals surface area contributed by atoms with Crippen LogP contribution in [0.5, 0.6) is 0 Å². The van der Waals surface area contributed by atoms with E-state index in [-0.39, 0.29) is 17.7 Å². The van der Waals surface area contributed by atoms with E-state index in [4.69, 9.17) is 11.6 Å². The maximum absolute atomic E-state index is 12.3. The van der Waals surface area contributed by atoms with Crippen LogP contribution in [0, 0.1) is 6.92 Å². The summed E-state index contributed by atoms with van der Waals surface area (Å²) in [6.07, 6.45) is 0. The van der Waals surface area contributed by atoms with E-state index in [1.165, 1.54) is 11.8 Å². The molecule has 5 nitrogen and oxygen atoms in total. The fraction of sp³-hybridized carbons (Fsp3) is 0.278. The predicted octanol–water partition coefficient (Wildman–Crippen LogP) is 5.28. The summed E-state index contributed by atoms with van der Waals surface area (Å²) in [5.41, 5.74) is 1.70. The lowest BCUT2D eigenvalue weighted by Gasteiger charge is -2.13. The minimum atomic E-state index is -0.101. The van der Waals surface area contributed by atoms with Gasteiger partial charge in [-0.25, -0.2) is 0 Å². The maximum atomic E-state index is 12.3. The normalized spacial score (nSPS) is 11.1. The molecule has 2 heterocycles. The fourth-order valence-electron chi connectivity index (χ4n) is 2.46. The van der Waals surface area contributed by atoms with Gasteiger partial charge < -0.3 is 5.32 Å². The Morgan fingerprint density at radius 3 is 2.85 bits per heavy atom. The van der Waals surface area contributed by atoms with E-state index in [1.54, 1.807) is 23.5 Å². The first-order valence-corrected chi connectivity index (χ1v) is 10.4. The molecular weight excluding hydrogens is 388 g/mol. The van der Waals surface area contributed by atoms with Gasteiger partial charge in [0, 0.05) is 16.8 Å². The van der Waals surface area contributed by atoms with Gasteiger partial charge in [0.2, 0.25) is 5.91 Å². The Kier molecular flexibility index (Phi) is 6.01. The molecule has 3 rings (SSSR count). The van der Waals surface area contributed by atoms with Crippen molar-refractivity contribution < 1.29 is 4.79 Å². The number of thiophene rings is 1. The number of carbonyl (C=O) groups excluding carboxylic acids is 1. The van der Waals surface area contributed by atoms with Crippen molar-refractivity contribution in [1.29, 1.82) is 0 Å². The summed E-state index contributed by atoms with van der Waals surface area (Å²) in [6, 6.07) is 9.66. The zero-order chi connectivity index (χ0) is 18.7. The number of anilines is 1. The van der Waals surface area contributed by atoms with Crippen LogP contribution < -0.4 is 5.32 Å². The molecule has 0 radical (unpaired) electrons. The number of hydrogen-bond acceptors (Lipinski definition) is 5. The Morgan fingerprint density at radius 1 is 1.35 bits per heavy atom. The molecule has 0 saturated heterocycles. The van der Waals surface area contributed by atoms with Crippen molar-refractivity contribution in [3.8, 4) is 10.7 Å². The van der Waals surface area contributed by atoms with Crippen molar-refractivity contribution in [3.05, 3.63) is 46.3 Å². The molecule has 0 aliphatic carbocycles. The van der Waals surface area contributed by atoms with E-state index < -0.39 is 0 Å². The molecule has 1 aromatic carbocycles. The number of nitrogens with zero attached hydrogens (tertiary/aromatic N) is 3. The highest BCUT2D eigenvalue weighted by Crippen LogP contribution is 2.30. The van der Waals surface area contributed by atoms with Gasteiger partial charge >= 0.3 is 0 Å². The highest BCUT2D eigenvalue weighted by atomic mass is 35.5. The lowest BCUT2D eigenvalue weighted by atomic mass is 10.2. The number of hydrogen-bond donors (Lipinski definition) is 1. The standard InChI is InChI=1S/C18H19ClN4OS2/c1-11(2)23-17(15-5-4-8-25-15)21-22-18(23)26-10-16(24)20-14-9-13(19)7-6-12(14)3/h4-9,11H,10H2,1-3H3,(H,20,24). The summed E-state index contributed by atoms with van der Waals surface area (Å²) in [7, 11) is 0. The molecule has 0 aliphatic heterocycles. The number of carbonyl (C=O) groups is 1. The van der Waals surface area contributed by atoms with Gasteiger partial charge in [-0.15, -0.1) is 21.5 Å². The number of rotatable bonds is 6. The molecule has 0 bridgehead atoms. The van der Waals surface area contributed by atoms with Crippen LogP contribution in [-0.4, -0.2) is 26.4 Å². The average molecular weight is 407 g/mol. The van der Waals surface area contributed by atoms with Gasteiger partial charge in [-0.2, -0.15) is 0 Å². The van der Waals surface area contributed by atoms with Crippen LogP contribution in [0.25, 0.3) is 10.7 Å². The SMILES string of the molecule is Cc1ccc(Cl)cc1NC(=O)CSc1nnc(-c2cccs2)n1C(C)C. The molecule has 0 saturated carbocycles. The van der Waals surface area contributed by atoms with Crippen LogP contribution in [0.2, 0.25) is 5.02 Å². The van der Waals surface area contributed by atoms with Crippen molar-refractivity contribution >= 4 is 46.3 Å². The Hall–Kier alpha value is -1.83. The third-order valence-electron chi connectivity index (χ3n) is 3.73. The van der Waals surface area contributed by atoms with Gasteiger partial charge in [-0.1, -0.05) is 35.5 Å². The molecule has 0 atom stereocenters. The van der Waals surface area contributed by atoms with Crippen LogP contribution in [0.15, 0.2) is 40.9 Å². The number of thioether (sulfide) groups is 1. The number of aromatic nitrogens is 3. The minimum absolute atomic E-state index is 0.101. The van der Waals surface area contributed by atoms with Crippen LogP contribution in [0.4, 0.5) is 5.69 Å². The van der Waals surface area contributed by atoms with Crippen LogP contribution in [-0.2, 0) is 4.79 Å². The molecule has 0 fully saturated rings. The lowest BCUT2D eigenvalue weighted by Crippen LogP contribution is -2.15. The molecule has 2 aromatic heterocycles. The minimum Gasteiger partial charge on any atom is -0.325 e. The van der Waals surface area contributed by atoms with Crippen LogP contribution >= 0.6 is 34.7 Å². The van der Waals surface area contributed by atoms with Gasteiger partial charge in [-0.05, 0) is 49.9 Å². The van der Waals surface area contributed by atoms with Crippen LogP contribution in [0.3, 0.4) is 0 Å². The van der Waals surface area contributed by atoms with E-state index in [0.29, 0.717) is 5.02 Å². The van der Waals surface area contributed by atoms with Gasteiger partial charge in [0.05, 0.1) is 10.6 Å². The highest BCUT2D eigenvalue weighted by Gasteiger charge is 2.18. The summed E-state index contributed by atoms with van der Waals surface area (Å²) < 4.78 is 2.06. The Balaban J connectivity index is 1.71. The van der Waals surface area contributed by atoms with Gasteiger partial charge in [0.25, 0.3) is 0 Å². The molecule has 26 heavy (non-hydrogen) atoms. The number of amides is 1. The zero-order valence-electron chi connectivity index (χ0n) is 14.7. The summed E-state index contributed by atoms with van der Waals surface area (Å²) in [5.74, 6) is 0.987. The summed E-state index contributed by atoms with van der Waals surface area (Å²) >= 11 is 9.01. The maximum Gasteiger partial charge on any atom is 0.234 e. The van der Waals surface area contributed by atoms with Crippen molar-refractivity contribution in [2.75, 3.05) is 11.1 Å². The Morgan fingerprint density at radius 2 is 2.15 bits per heavy atom. The molecule has 0 spiro atoms. The smallest absolute Gasteiger partial charge is 0.234 e. The Labute approximate surface area is 165 Å². The van der Waals surface area contributed by atoms with Gasteiger partial charge in [0.1, 0.15) is 0 Å². The van der Waals surface area contributed by atoms with E-state index >= 15 is 0 Å². The van der Waals surface area contributed by atoms with Crippen molar-refractivity contribution in [1.82, 2.24) is 14.8 Å². The van der Waals surface area contributed by atoms with Crippen LogP contribution in [0.1, 0.15) is 25.5 Å². The number of aryl methyl sites for hydroxylation is 1. The third-order valence-corrected chi connectivity index (χ3v) is 5.77. The predicted molar refractivity (Wildman–Crippen MR) is 109 cm³/mol. The first kappa shape index (κ1) is 18.9.